The standard InChI is InChI=1S/C44H52F3N5O5S/c1-3-41(53)52-23-18-34-38(52)12-6-13-40(34)58(55,56)33-14-15-39(36(46)25-33)51-27-43(47,28-51)26-50-21-16-30(17-22-50)44(29-49-19-7-20-49,31-8-4-9-32(45)24-31)35-10-5-11-37(35)48-42(54)57-2/h3-4,6,8-9,12-15,24-25,30,35,37H,1,5,7,10-11,16-23,26-29H2,2H3,(H,48,54)/t35-,37-,44?/m0/s1. The molecule has 0 spiro atoms. The fraction of sp³-hybridized carbons (Fsp3) is 0.500. The third kappa shape index (κ3) is 7.40. The van der Waals surface area contributed by atoms with Crippen LogP contribution in [0.4, 0.5) is 29.3 Å². The molecule has 1 saturated carbocycles. The van der Waals surface area contributed by atoms with Crippen LogP contribution in [-0.2, 0) is 31.2 Å². The van der Waals surface area contributed by atoms with Crippen molar-refractivity contribution in [1.82, 2.24) is 15.1 Å². The smallest absolute Gasteiger partial charge is 0.407 e. The molecule has 10 nitrogen and oxygen atoms in total. The summed E-state index contributed by atoms with van der Waals surface area (Å²) in [6.45, 7) is 8.01. The number of anilines is 2. The van der Waals surface area contributed by atoms with E-state index in [1.165, 1.54) is 42.4 Å². The second-order valence-electron chi connectivity index (χ2n) is 16.8. The number of nitrogens with one attached hydrogen (secondary N) is 1. The maximum atomic E-state index is 16.4. The van der Waals surface area contributed by atoms with E-state index in [9.17, 15) is 18.0 Å². The van der Waals surface area contributed by atoms with E-state index < -0.39 is 32.8 Å². The maximum Gasteiger partial charge on any atom is 0.407 e. The molecular formula is C44H52F3N5O5S. The molecule has 2 amide bonds. The predicted octanol–water partition coefficient (Wildman–Crippen LogP) is 6.28. The van der Waals surface area contributed by atoms with Gasteiger partial charge < -0.3 is 24.8 Å². The zero-order valence-corrected chi connectivity index (χ0v) is 33.8. The van der Waals surface area contributed by atoms with E-state index in [4.69, 9.17) is 4.74 Å². The first-order valence-corrected chi connectivity index (χ1v) is 21.9. The van der Waals surface area contributed by atoms with Crippen LogP contribution in [0.2, 0.25) is 0 Å². The van der Waals surface area contributed by atoms with Crippen molar-refractivity contribution in [2.45, 2.75) is 71.9 Å². The topological polar surface area (TPSA) is 103 Å². The fourth-order valence-corrected chi connectivity index (χ4v) is 12.2. The van der Waals surface area contributed by atoms with Crippen molar-refractivity contribution in [3.63, 3.8) is 0 Å². The summed E-state index contributed by atoms with van der Waals surface area (Å²) in [4.78, 5) is 32.3. The van der Waals surface area contributed by atoms with Gasteiger partial charge in [-0.05, 0) is 136 Å². The van der Waals surface area contributed by atoms with Gasteiger partial charge in [0.15, 0.2) is 5.67 Å². The first-order chi connectivity index (χ1) is 27.8. The van der Waals surface area contributed by atoms with E-state index in [2.05, 4.69) is 21.7 Å². The number of alkyl halides is 1. The molecule has 8 rings (SSSR count). The van der Waals surface area contributed by atoms with Crippen molar-refractivity contribution in [2.75, 3.05) is 75.8 Å². The molecule has 0 radical (unpaired) electrons. The third-order valence-corrected chi connectivity index (χ3v) is 15.4. The van der Waals surface area contributed by atoms with Crippen molar-refractivity contribution in [3.8, 4) is 0 Å². The Balaban J connectivity index is 0.949. The minimum absolute atomic E-state index is 0.0273. The number of fused-ring (bicyclic) bond motifs is 1. The van der Waals surface area contributed by atoms with Crippen molar-refractivity contribution in [1.29, 1.82) is 0 Å². The molecule has 0 bridgehead atoms. The van der Waals surface area contributed by atoms with Gasteiger partial charge in [0, 0.05) is 36.8 Å². The Morgan fingerprint density at radius 3 is 2.36 bits per heavy atom. The lowest BCUT2D eigenvalue weighted by atomic mass is 9.57. The van der Waals surface area contributed by atoms with Gasteiger partial charge in [-0.15, -0.1) is 0 Å². The zero-order valence-electron chi connectivity index (χ0n) is 33.0. The summed E-state index contributed by atoms with van der Waals surface area (Å²) < 4.78 is 79.6. The van der Waals surface area contributed by atoms with E-state index in [0.717, 1.165) is 69.8 Å². The molecule has 4 aliphatic heterocycles. The maximum absolute atomic E-state index is 16.4. The minimum atomic E-state index is -4.12. The van der Waals surface area contributed by atoms with Gasteiger partial charge in [0.1, 0.15) is 11.6 Å². The quantitative estimate of drug-likeness (QED) is 0.213. The van der Waals surface area contributed by atoms with Crippen molar-refractivity contribution in [2.24, 2.45) is 11.8 Å². The molecule has 3 saturated heterocycles. The number of sulfone groups is 1. The second kappa shape index (κ2) is 16.0. The van der Waals surface area contributed by atoms with Crippen LogP contribution in [-0.4, -0.2) is 108 Å². The molecule has 4 fully saturated rings. The molecule has 5 aliphatic rings. The third-order valence-electron chi connectivity index (χ3n) is 13.5. The molecule has 3 aromatic carbocycles. The highest BCUT2D eigenvalue weighted by Gasteiger charge is 2.54. The highest BCUT2D eigenvalue weighted by Crippen LogP contribution is 2.52. The Bertz CT molecular complexity index is 2170. The van der Waals surface area contributed by atoms with Gasteiger partial charge in [0.2, 0.25) is 15.7 Å². The Kier molecular flexibility index (Phi) is 11.1. The van der Waals surface area contributed by atoms with Gasteiger partial charge >= 0.3 is 6.09 Å². The van der Waals surface area contributed by atoms with E-state index >= 15 is 13.2 Å². The number of hydrogen-bond acceptors (Lipinski definition) is 8. The Hall–Kier alpha value is -4.40. The highest BCUT2D eigenvalue weighted by atomic mass is 32.2. The second-order valence-corrected chi connectivity index (χ2v) is 18.8. The summed E-state index contributed by atoms with van der Waals surface area (Å²) in [7, 11) is -2.75. The summed E-state index contributed by atoms with van der Waals surface area (Å²) >= 11 is 0. The summed E-state index contributed by atoms with van der Waals surface area (Å²) in [5.41, 5.74) is 0.0926. The number of carbonyl (C=O) groups is 2. The summed E-state index contributed by atoms with van der Waals surface area (Å²) in [6.07, 6.45) is 6.42. The number of nitrogens with zero attached hydrogens (tertiary/aromatic N) is 4. The SMILES string of the molecule is C=CC(=O)N1CCc2c1cccc2S(=O)(=O)c1ccc(N2CC(F)(CN3CCC(C(CN4CCC4)(c4cccc(F)c4)[C@H]4CCC[C@@H]4NC(=O)OC)CC3)C2)c(F)c1. The monoisotopic (exact) mass is 819 g/mol. The molecular weight excluding hydrogens is 768 g/mol. The van der Waals surface area contributed by atoms with Crippen LogP contribution in [0.25, 0.3) is 0 Å². The number of piperidine rings is 1. The molecule has 1 aliphatic carbocycles. The lowest BCUT2D eigenvalue weighted by Gasteiger charge is -2.54. The minimum Gasteiger partial charge on any atom is -0.453 e. The van der Waals surface area contributed by atoms with E-state index in [0.29, 0.717) is 37.3 Å². The average Bonchev–Trinajstić information content (AvgIpc) is 3.84. The van der Waals surface area contributed by atoms with Crippen LogP contribution in [0.3, 0.4) is 0 Å². The van der Waals surface area contributed by atoms with E-state index in [1.54, 1.807) is 29.2 Å². The Morgan fingerprint density at radius 1 is 0.931 bits per heavy atom. The fourth-order valence-electron chi connectivity index (χ4n) is 10.7. The number of hydrogen-bond donors (Lipinski definition) is 1. The van der Waals surface area contributed by atoms with Gasteiger partial charge in [-0.3, -0.25) is 9.69 Å². The summed E-state index contributed by atoms with van der Waals surface area (Å²) in [5, 5.41) is 3.12. The molecule has 14 heteroatoms. The normalized spacial score (nSPS) is 23.4. The summed E-state index contributed by atoms with van der Waals surface area (Å²) in [5.74, 6) is -1.12. The number of amides is 2. The Labute approximate surface area is 338 Å². The molecule has 1 unspecified atom stereocenters. The van der Waals surface area contributed by atoms with E-state index in [1.807, 2.05) is 6.07 Å². The number of ether oxygens (including phenoxy) is 1. The van der Waals surface area contributed by atoms with Crippen LogP contribution < -0.4 is 15.1 Å². The summed E-state index contributed by atoms with van der Waals surface area (Å²) in [6, 6.07) is 15.3. The largest absolute Gasteiger partial charge is 0.453 e. The highest BCUT2D eigenvalue weighted by molar-refractivity contribution is 7.91. The van der Waals surface area contributed by atoms with Gasteiger partial charge in [-0.25, -0.2) is 26.4 Å². The average molecular weight is 820 g/mol. The van der Waals surface area contributed by atoms with Crippen LogP contribution in [0.15, 0.2) is 83.1 Å². The molecule has 3 aromatic rings. The van der Waals surface area contributed by atoms with Crippen molar-refractivity contribution < 1.29 is 35.9 Å². The lowest BCUT2D eigenvalue weighted by molar-refractivity contribution is -0.114. The molecule has 310 valence electrons. The van der Waals surface area contributed by atoms with Gasteiger partial charge in [0.25, 0.3) is 0 Å². The zero-order chi connectivity index (χ0) is 40.8. The van der Waals surface area contributed by atoms with Gasteiger partial charge in [-0.2, -0.15) is 0 Å². The van der Waals surface area contributed by atoms with Crippen LogP contribution >= 0.6 is 0 Å². The van der Waals surface area contributed by atoms with Crippen LogP contribution in [0.5, 0.6) is 0 Å². The number of methoxy groups -OCH3 is 1. The van der Waals surface area contributed by atoms with E-state index in [-0.39, 0.29) is 64.7 Å². The lowest BCUT2D eigenvalue weighted by Crippen LogP contribution is -2.65. The number of halogens is 3. The predicted molar refractivity (Wildman–Crippen MR) is 216 cm³/mol. The van der Waals surface area contributed by atoms with Gasteiger partial charge in [-0.1, -0.05) is 31.2 Å². The van der Waals surface area contributed by atoms with Crippen LogP contribution in [0, 0.1) is 23.5 Å². The molecule has 3 atom stereocenters. The molecule has 4 heterocycles. The van der Waals surface area contributed by atoms with Crippen LogP contribution in [0.1, 0.15) is 49.7 Å². The first kappa shape index (κ1) is 40.4. The van der Waals surface area contributed by atoms with Gasteiger partial charge in [0.05, 0.1) is 35.7 Å². The van der Waals surface area contributed by atoms with Crippen molar-refractivity contribution in [3.05, 3.63) is 96.1 Å². The number of benzene rings is 3. The number of alkyl carbamates (subject to hydrolysis) is 1. The first-order valence-electron chi connectivity index (χ1n) is 20.4. The molecule has 1 N–H and O–H groups in total. The molecule has 58 heavy (non-hydrogen) atoms. The number of rotatable bonds is 12. The molecule has 0 aromatic heterocycles. The number of likely N-dealkylation sites (tertiary alicyclic amines) is 2. The Morgan fingerprint density at radius 2 is 1.69 bits per heavy atom. The van der Waals surface area contributed by atoms with Crippen molar-refractivity contribution >= 4 is 33.2 Å². The number of carbonyl (C=O) groups excluding carboxylic acids is 2.